The van der Waals surface area contributed by atoms with Crippen LogP contribution in [0.4, 0.5) is 0 Å². The first kappa shape index (κ1) is 13.6. The van der Waals surface area contributed by atoms with Gasteiger partial charge in [-0.05, 0) is 50.4 Å². The summed E-state index contributed by atoms with van der Waals surface area (Å²) in [6, 6.07) is 7.49. The minimum absolute atomic E-state index is 0.0864. The van der Waals surface area contributed by atoms with Crippen LogP contribution in [0, 0.1) is 0 Å². The van der Waals surface area contributed by atoms with Crippen molar-refractivity contribution >= 4 is 18.2 Å². The highest BCUT2D eigenvalue weighted by Crippen LogP contribution is 2.24. The molecule has 2 rings (SSSR count). The summed E-state index contributed by atoms with van der Waals surface area (Å²) in [7, 11) is 0. The number of hydrogen-bond donors (Lipinski definition) is 1. The van der Waals surface area contributed by atoms with Crippen molar-refractivity contribution in [1.82, 2.24) is 10.2 Å². The zero-order valence-corrected chi connectivity index (χ0v) is 11.8. The Morgan fingerprint density at radius 1 is 1.42 bits per heavy atom. The molecule has 0 radical (unpaired) electrons. The highest BCUT2D eigenvalue weighted by molar-refractivity contribution is 7.99. The Morgan fingerprint density at radius 3 is 2.84 bits per heavy atom. The maximum atomic E-state index is 10.9. The summed E-state index contributed by atoms with van der Waals surface area (Å²) in [5, 5.41) is 6.03. The van der Waals surface area contributed by atoms with E-state index in [-0.39, 0.29) is 10.6 Å². The van der Waals surface area contributed by atoms with Crippen LogP contribution in [-0.4, -0.2) is 21.2 Å². The van der Waals surface area contributed by atoms with Crippen molar-refractivity contribution in [2.24, 2.45) is 4.40 Å². The van der Waals surface area contributed by atoms with E-state index < -0.39 is 5.76 Å². The standard InChI is InChI=1S/C13H15N3O2S/c1-13(2,3)19-14-8-9-5-4-6-10(7-9)11-15-16-12(17)18-11/h4-8H,1-3H3,(H,16,17). The van der Waals surface area contributed by atoms with Gasteiger partial charge in [0.05, 0.1) is 0 Å². The van der Waals surface area contributed by atoms with Crippen molar-refractivity contribution < 1.29 is 4.42 Å². The molecule has 0 amide bonds. The molecular weight excluding hydrogens is 262 g/mol. The molecule has 2 aromatic rings. The molecule has 6 heteroatoms. The molecule has 0 spiro atoms. The van der Waals surface area contributed by atoms with Gasteiger partial charge in [-0.15, -0.1) is 5.10 Å². The highest BCUT2D eigenvalue weighted by atomic mass is 32.2. The van der Waals surface area contributed by atoms with Crippen LogP contribution >= 0.6 is 11.9 Å². The molecule has 1 aromatic carbocycles. The van der Waals surface area contributed by atoms with Gasteiger partial charge in [0.1, 0.15) is 0 Å². The first-order valence-corrected chi connectivity index (χ1v) is 6.59. The summed E-state index contributed by atoms with van der Waals surface area (Å²) in [4.78, 5) is 10.9. The van der Waals surface area contributed by atoms with E-state index in [2.05, 4.69) is 35.4 Å². The fraction of sp³-hybridized carbons (Fsp3) is 0.308. The zero-order chi connectivity index (χ0) is 13.9. The number of aromatic nitrogens is 2. The van der Waals surface area contributed by atoms with Gasteiger partial charge in [0.25, 0.3) is 0 Å². The van der Waals surface area contributed by atoms with E-state index in [0.29, 0.717) is 0 Å². The van der Waals surface area contributed by atoms with Crippen LogP contribution in [0.2, 0.25) is 0 Å². The number of hydrogen-bond acceptors (Lipinski definition) is 5. The maximum absolute atomic E-state index is 10.9. The lowest BCUT2D eigenvalue weighted by Gasteiger charge is -2.12. The van der Waals surface area contributed by atoms with Gasteiger partial charge in [-0.25, -0.2) is 14.3 Å². The number of nitrogens with one attached hydrogen (secondary N) is 1. The van der Waals surface area contributed by atoms with Crippen LogP contribution in [0.3, 0.4) is 0 Å². The van der Waals surface area contributed by atoms with Gasteiger partial charge in [0, 0.05) is 16.5 Å². The summed E-state index contributed by atoms with van der Waals surface area (Å²) < 4.78 is 9.32. The van der Waals surface area contributed by atoms with Crippen LogP contribution in [0.15, 0.2) is 37.9 Å². The van der Waals surface area contributed by atoms with E-state index in [0.717, 1.165) is 11.1 Å². The summed E-state index contributed by atoms with van der Waals surface area (Å²) >= 11 is 1.51. The van der Waals surface area contributed by atoms with Crippen molar-refractivity contribution in [2.75, 3.05) is 0 Å². The predicted molar refractivity (Wildman–Crippen MR) is 77.5 cm³/mol. The summed E-state index contributed by atoms with van der Waals surface area (Å²) in [6.45, 7) is 6.30. The van der Waals surface area contributed by atoms with Gasteiger partial charge in [-0.2, -0.15) is 0 Å². The van der Waals surface area contributed by atoms with Crippen molar-refractivity contribution in [3.8, 4) is 11.5 Å². The van der Waals surface area contributed by atoms with Crippen LogP contribution < -0.4 is 5.76 Å². The Kier molecular flexibility index (Phi) is 3.90. The van der Waals surface area contributed by atoms with Crippen LogP contribution in [-0.2, 0) is 0 Å². The number of rotatable bonds is 3. The molecule has 0 saturated heterocycles. The third kappa shape index (κ3) is 4.10. The SMILES string of the molecule is CC(C)(C)SN=Cc1cccc(-c2n[nH]c(=O)o2)c1. The van der Waals surface area contributed by atoms with E-state index in [9.17, 15) is 4.79 Å². The first-order chi connectivity index (χ1) is 8.94. The second-order valence-electron chi connectivity index (χ2n) is 4.98. The van der Waals surface area contributed by atoms with E-state index in [1.54, 1.807) is 6.21 Å². The Hall–Kier alpha value is -1.82. The van der Waals surface area contributed by atoms with Crippen LogP contribution in [0.25, 0.3) is 11.5 Å². The van der Waals surface area contributed by atoms with Gasteiger partial charge in [0.15, 0.2) is 0 Å². The third-order valence-corrected chi connectivity index (χ3v) is 2.86. The fourth-order valence-corrected chi connectivity index (χ4v) is 1.84. The monoisotopic (exact) mass is 277 g/mol. The molecule has 0 fully saturated rings. The lowest BCUT2D eigenvalue weighted by molar-refractivity contribution is 0.527. The van der Waals surface area contributed by atoms with Crippen molar-refractivity contribution in [2.45, 2.75) is 25.5 Å². The number of aromatic amines is 1. The molecule has 0 aliphatic rings. The fourth-order valence-electron chi connectivity index (χ4n) is 1.35. The summed E-state index contributed by atoms with van der Waals surface area (Å²) in [5.74, 6) is -0.277. The summed E-state index contributed by atoms with van der Waals surface area (Å²) in [5.41, 5.74) is 1.67. The highest BCUT2D eigenvalue weighted by Gasteiger charge is 2.09. The normalized spacial score (nSPS) is 12.2. The molecule has 0 bridgehead atoms. The molecule has 1 heterocycles. The zero-order valence-electron chi connectivity index (χ0n) is 11.0. The Bertz CT molecular complexity index is 638. The lowest BCUT2D eigenvalue weighted by Crippen LogP contribution is -2.04. The molecule has 1 N–H and O–H groups in total. The smallest absolute Gasteiger partial charge is 0.388 e. The largest absolute Gasteiger partial charge is 0.434 e. The third-order valence-electron chi connectivity index (χ3n) is 2.10. The number of benzene rings is 1. The molecule has 0 atom stereocenters. The van der Waals surface area contributed by atoms with E-state index in [4.69, 9.17) is 4.42 Å². The Morgan fingerprint density at radius 2 is 2.21 bits per heavy atom. The average molecular weight is 277 g/mol. The topological polar surface area (TPSA) is 71.2 Å². The first-order valence-electron chi connectivity index (χ1n) is 5.81. The molecule has 1 aromatic heterocycles. The van der Waals surface area contributed by atoms with Crippen LogP contribution in [0.1, 0.15) is 26.3 Å². The van der Waals surface area contributed by atoms with E-state index in [1.807, 2.05) is 24.3 Å². The molecule has 0 unspecified atom stereocenters. The maximum Gasteiger partial charge on any atom is 0.434 e. The Balaban J connectivity index is 2.18. The Labute approximate surface area is 115 Å². The van der Waals surface area contributed by atoms with Crippen LogP contribution in [0.5, 0.6) is 0 Å². The van der Waals surface area contributed by atoms with Gasteiger partial charge >= 0.3 is 5.76 Å². The van der Waals surface area contributed by atoms with E-state index in [1.165, 1.54) is 11.9 Å². The van der Waals surface area contributed by atoms with Gasteiger partial charge < -0.3 is 4.42 Å². The van der Waals surface area contributed by atoms with Crippen molar-refractivity contribution in [3.63, 3.8) is 0 Å². The van der Waals surface area contributed by atoms with Crippen molar-refractivity contribution in [3.05, 3.63) is 40.4 Å². The average Bonchev–Trinajstić information content (AvgIpc) is 2.75. The molecule has 0 saturated carbocycles. The van der Waals surface area contributed by atoms with Gasteiger partial charge in [-0.3, -0.25) is 0 Å². The van der Waals surface area contributed by atoms with Crippen molar-refractivity contribution in [1.29, 1.82) is 0 Å². The molecule has 100 valence electrons. The molecule has 19 heavy (non-hydrogen) atoms. The van der Waals surface area contributed by atoms with Gasteiger partial charge in [-0.1, -0.05) is 12.1 Å². The lowest BCUT2D eigenvalue weighted by atomic mass is 10.1. The molecule has 5 nitrogen and oxygen atoms in total. The second kappa shape index (κ2) is 5.44. The number of H-pyrrole nitrogens is 1. The minimum atomic E-state index is -0.558. The molecule has 0 aliphatic heterocycles. The van der Waals surface area contributed by atoms with E-state index >= 15 is 0 Å². The predicted octanol–water partition coefficient (Wildman–Crippen LogP) is 2.90. The van der Waals surface area contributed by atoms with Gasteiger partial charge in [0.2, 0.25) is 5.89 Å². The quantitative estimate of drug-likeness (QED) is 0.691. The molecule has 0 aliphatic carbocycles. The number of nitrogens with zero attached hydrogens (tertiary/aromatic N) is 2. The summed E-state index contributed by atoms with van der Waals surface area (Å²) in [6.07, 6.45) is 1.78. The molecular formula is C13H15N3O2S. The minimum Gasteiger partial charge on any atom is -0.388 e. The second-order valence-corrected chi connectivity index (χ2v) is 6.60.